The molecule has 0 aromatic carbocycles. The first-order valence-electron chi connectivity index (χ1n) is 7.25. The normalized spacial score (nSPS) is 24.3. The van der Waals surface area contributed by atoms with Crippen molar-refractivity contribution in [2.75, 3.05) is 6.54 Å². The van der Waals surface area contributed by atoms with E-state index < -0.39 is 0 Å². The second-order valence-electron chi connectivity index (χ2n) is 6.18. The van der Waals surface area contributed by atoms with Gasteiger partial charge in [-0.15, -0.1) is 11.3 Å². The molecule has 1 aromatic rings. The molecule has 1 heterocycles. The lowest BCUT2D eigenvalue weighted by Crippen LogP contribution is -2.42. The fourth-order valence-corrected chi connectivity index (χ4v) is 4.00. The summed E-state index contributed by atoms with van der Waals surface area (Å²) in [5.41, 5.74) is 0.489. The van der Waals surface area contributed by atoms with Crippen LogP contribution in [0.15, 0.2) is 11.6 Å². The minimum Gasteiger partial charge on any atom is -0.313 e. The van der Waals surface area contributed by atoms with Crippen molar-refractivity contribution in [2.24, 2.45) is 11.3 Å². The van der Waals surface area contributed by atoms with Gasteiger partial charge in [0, 0.05) is 24.0 Å². The maximum Gasteiger partial charge on any atom is 0.0940 e. The molecule has 0 radical (unpaired) electrons. The average molecular weight is 266 g/mol. The van der Waals surface area contributed by atoms with Gasteiger partial charge < -0.3 is 5.32 Å². The van der Waals surface area contributed by atoms with E-state index >= 15 is 0 Å². The van der Waals surface area contributed by atoms with Gasteiger partial charge in [-0.2, -0.15) is 0 Å². The van der Waals surface area contributed by atoms with Crippen molar-refractivity contribution in [1.29, 1.82) is 0 Å². The highest BCUT2D eigenvalue weighted by Crippen LogP contribution is 2.45. The molecule has 1 N–H and O–H groups in total. The van der Waals surface area contributed by atoms with Crippen LogP contribution < -0.4 is 5.32 Å². The third-order valence-corrected chi connectivity index (χ3v) is 5.16. The molecular formula is C15H26N2S. The van der Waals surface area contributed by atoms with Crippen LogP contribution in [0.5, 0.6) is 0 Å². The summed E-state index contributed by atoms with van der Waals surface area (Å²) in [7, 11) is 0. The van der Waals surface area contributed by atoms with Gasteiger partial charge in [-0.1, -0.05) is 27.2 Å². The Labute approximate surface area is 115 Å². The molecule has 3 heteroatoms. The fourth-order valence-electron chi connectivity index (χ4n) is 3.33. The zero-order valence-corrected chi connectivity index (χ0v) is 12.7. The number of aromatic nitrogens is 1. The minimum absolute atomic E-state index is 0.489. The highest BCUT2D eigenvalue weighted by molar-refractivity contribution is 7.09. The maximum atomic E-state index is 4.46. The van der Waals surface area contributed by atoms with Crippen molar-refractivity contribution in [3.8, 4) is 0 Å². The highest BCUT2D eigenvalue weighted by atomic mass is 32.1. The van der Waals surface area contributed by atoms with Crippen molar-refractivity contribution in [2.45, 2.75) is 58.9 Å². The van der Waals surface area contributed by atoms with E-state index in [2.05, 4.69) is 36.5 Å². The minimum atomic E-state index is 0.489. The van der Waals surface area contributed by atoms with Crippen LogP contribution in [0.1, 0.15) is 51.5 Å². The molecule has 102 valence electrons. The summed E-state index contributed by atoms with van der Waals surface area (Å²) in [6.07, 6.45) is 8.38. The molecule has 2 atom stereocenters. The number of rotatable bonds is 6. The Morgan fingerprint density at radius 1 is 1.56 bits per heavy atom. The van der Waals surface area contributed by atoms with E-state index in [-0.39, 0.29) is 0 Å². The first-order valence-corrected chi connectivity index (χ1v) is 8.13. The topological polar surface area (TPSA) is 24.9 Å². The SMILES string of the molecule is CCCNC(Cc1nccs1)C1CCCC1(C)C. The van der Waals surface area contributed by atoms with E-state index in [1.54, 1.807) is 11.3 Å². The van der Waals surface area contributed by atoms with Crippen molar-refractivity contribution in [3.05, 3.63) is 16.6 Å². The molecule has 1 aliphatic rings. The smallest absolute Gasteiger partial charge is 0.0940 e. The van der Waals surface area contributed by atoms with Gasteiger partial charge in [0.25, 0.3) is 0 Å². The highest BCUT2D eigenvalue weighted by Gasteiger charge is 2.39. The number of hydrogen-bond acceptors (Lipinski definition) is 3. The second kappa shape index (κ2) is 6.16. The van der Waals surface area contributed by atoms with Crippen molar-refractivity contribution in [3.63, 3.8) is 0 Å². The van der Waals surface area contributed by atoms with Crippen molar-refractivity contribution >= 4 is 11.3 Å². The Kier molecular flexibility index (Phi) is 4.79. The van der Waals surface area contributed by atoms with Crippen LogP contribution in [0.3, 0.4) is 0 Å². The van der Waals surface area contributed by atoms with Crippen molar-refractivity contribution in [1.82, 2.24) is 10.3 Å². The zero-order chi connectivity index (χ0) is 13.0. The molecule has 0 amide bonds. The molecule has 0 aliphatic heterocycles. The van der Waals surface area contributed by atoms with E-state index in [1.807, 2.05) is 6.20 Å². The molecule has 0 saturated heterocycles. The summed E-state index contributed by atoms with van der Waals surface area (Å²) in [5.74, 6) is 0.799. The predicted octanol–water partition coefficient (Wildman–Crippen LogP) is 3.88. The third-order valence-electron chi connectivity index (χ3n) is 4.36. The van der Waals surface area contributed by atoms with Crippen LogP contribution >= 0.6 is 11.3 Å². The van der Waals surface area contributed by atoms with Gasteiger partial charge in [0.05, 0.1) is 5.01 Å². The number of nitrogens with one attached hydrogen (secondary N) is 1. The largest absolute Gasteiger partial charge is 0.313 e. The number of thiazole rings is 1. The molecule has 1 aromatic heterocycles. The van der Waals surface area contributed by atoms with Crippen LogP contribution in [0.25, 0.3) is 0 Å². The van der Waals surface area contributed by atoms with Crippen LogP contribution in [-0.2, 0) is 6.42 Å². The molecule has 1 fully saturated rings. The lowest BCUT2D eigenvalue weighted by molar-refractivity contribution is 0.195. The summed E-state index contributed by atoms with van der Waals surface area (Å²) >= 11 is 1.79. The molecule has 2 nitrogen and oxygen atoms in total. The zero-order valence-electron chi connectivity index (χ0n) is 11.9. The van der Waals surface area contributed by atoms with Crippen LogP contribution in [0.2, 0.25) is 0 Å². The van der Waals surface area contributed by atoms with E-state index in [1.165, 1.54) is 30.7 Å². The van der Waals surface area contributed by atoms with Gasteiger partial charge in [0.15, 0.2) is 0 Å². The molecule has 1 aliphatic carbocycles. The Morgan fingerprint density at radius 3 is 2.94 bits per heavy atom. The molecule has 18 heavy (non-hydrogen) atoms. The van der Waals surface area contributed by atoms with Gasteiger partial charge in [-0.25, -0.2) is 4.98 Å². The predicted molar refractivity (Wildman–Crippen MR) is 79.0 cm³/mol. The molecule has 2 unspecified atom stereocenters. The summed E-state index contributed by atoms with van der Waals surface area (Å²) in [6, 6.07) is 0.605. The Hall–Kier alpha value is -0.410. The standard InChI is InChI=1S/C15H26N2S/c1-4-8-16-13(11-14-17-9-10-18-14)12-6-5-7-15(12,2)3/h9-10,12-13,16H,4-8,11H2,1-3H3. The molecule has 2 rings (SSSR count). The molecule has 0 spiro atoms. The van der Waals surface area contributed by atoms with E-state index in [9.17, 15) is 0 Å². The third kappa shape index (κ3) is 3.33. The number of hydrogen-bond donors (Lipinski definition) is 1. The lowest BCUT2D eigenvalue weighted by Gasteiger charge is -2.34. The molecular weight excluding hydrogens is 240 g/mol. The summed E-state index contributed by atoms with van der Waals surface area (Å²) in [6.45, 7) is 8.25. The van der Waals surface area contributed by atoms with Gasteiger partial charge in [0.1, 0.15) is 0 Å². The summed E-state index contributed by atoms with van der Waals surface area (Å²) < 4.78 is 0. The molecule has 0 bridgehead atoms. The van der Waals surface area contributed by atoms with Crippen molar-refractivity contribution < 1.29 is 0 Å². The van der Waals surface area contributed by atoms with Crippen LogP contribution in [0.4, 0.5) is 0 Å². The van der Waals surface area contributed by atoms with Gasteiger partial charge in [-0.05, 0) is 37.1 Å². The Balaban J connectivity index is 2.04. The van der Waals surface area contributed by atoms with E-state index in [4.69, 9.17) is 0 Å². The summed E-state index contributed by atoms with van der Waals surface area (Å²) in [4.78, 5) is 4.46. The van der Waals surface area contributed by atoms with Gasteiger partial charge >= 0.3 is 0 Å². The van der Waals surface area contributed by atoms with Gasteiger partial charge in [-0.3, -0.25) is 0 Å². The van der Waals surface area contributed by atoms with E-state index in [0.717, 1.165) is 18.9 Å². The Bertz CT molecular complexity index is 345. The monoisotopic (exact) mass is 266 g/mol. The average Bonchev–Trinajstić information content (AvgIpc) is 2.93. The number of nitrogens with zero attached hydrogens (tertiary/aromatic N) is 1. The maximum absolute atomic E-state index is 4.46. The van der Waals surface area contributed by atoms with Crippen LogP contribution in [0, 0.1) is 11.3 Å². The fraction of sp³-hybridized carbons (Fsp3) is 0.800. The van der Waals surface area contributed by atoms with Gasteiger partial charge in [0.2, 0.25) is 0 Å². The lowest BCUT2D eigenvalue weighted by atomic mass is 9.76. The summed E-state index contributed by atoms with van der Waals surface area (Å²) in [5, 5.41) is 7.14. The first-order chi connectivity index (χ1) is 8.63. The molecule has 1 saturated carbocycles. The second-order valence-corrected chi connectivity index (χ2v) is 7.16. The van der Waals surface area contributed by atoms with Crippen LogP contribution in [-0.4, -0.2) is 17.6 Å². The van der Waals surface area contributed by atoms with E-state index in [0.29, 0.717) is 11.5 Å². The first kappa shape index (κ1) is 14.0. The Morgan fingerprint density at radius 2 is 2.39 bits per heavy atom. The quantitative estimate of drug-likeness (QED) is 0.845.